The molecule has 1 aliphatic rings. The molecule has 0 saturated heterocycles. The van der Waals surface area contributed by atoms with Gasteiger partial charge in [-0.3, -0.25) is 4.57 Å². The molecule has 3 aromatic rings. The van der Waals surface area contributed by atoms with Gasteiger partial charge in [-0.15, -0.1) is 10.2 Å². The number of fused-ring (bicyclic) bond motifs is 1. The highest BCUT2D eigenvalue weighted by Gasteiger charge is 2.47. The van der Waals surface area contributed by atoms with Crippen molar-refractivity contribution in [1.82, 2.24) is 24.5 Å². The molecule has 0 atom stereocenters. The SMILES string of the molecule is O=c1[nH]c2c(-c3nnc(C(F)F)s3)c(S(=O)(=O)NC3(CF)CC3)c(F)cc2n1CCF. The summed E-state index contributed by atoms with van der Waals surface area (Å²) in [5.74, 6) is -1.34. The number of aryl methyl sites for hydroxylation is 1. The van der Waals surface area contributed by atoms with E-state index in [1.807, 2.05) is 0 Å². The van der Waals surface area contributed by atoms with Gasteiger partial charge < -0.3 is 4.98 Å². The Bertz CT molecular complexity index is 1310. The van der Waals surface area contributed by atoms with Crippen molar-refractivity contribution in [2.45, 2.75) is 36.2 Å². The van der Waals surface area contributed by atoms with Crippen molar-refractivity contribution in [2.75, 3.05) is 13.3 Å². The molecule has 0 amide bonds. The van der Waals surface area contributed by atoms with Crippen LogP contribution in [0.4, 0.5) is 22.0 Å². The molecule has 4 rings (SSSR count). The highest BCUT2D eigenvalue weighted by atomic mass is 32.2. The normalized spacial score (nSPS) is 15.8. The van der Waals surface area contributed by atoms with Crippen LogP contribution in [0.2, 0.25) is 0 Å². The summed E-state index contributed by atoms with van der Waals surface area (Å²) in [4.78, 5) is 13.5. The van der Waals surface area contributed by atoms with E-state index in [-0.39, 0.29) is 23.9 Å². The summed E-state index contributed by atoms with van der Waals surface area (Å²) >= 11 is 0.305. The zero-order chi connectivity index (χ0) is 22.6. The molecule has 2 N–H and O–H groups in total. The van der Waals surface area contributed by atoms with Gasteiger partial charge in [0.2, 0.25) is 10.0 Å². The fourth-order valence-electron chi connectivity index (χ4n) is 3.19. The van der Waals surface area contributed by atoms with Crippen molar-refractivity contribution in [1.29, 1.82) is 0 Å². The van der Waals surface area contributed by atoms with Crippen LogP contribution in [0.5, 0.6) is 0 Å². The van der Waals surface area contributed by atoms with Gasteiger partial charge >= 0.3 is 5.69 Å². The van der Waals surface area contributed by atoms with Crippen LogP contribution < -0.4 is 10.4 Å². The van der Waals surface area contributed by atoms with Gasteiger partial charge in [-0.05, 0) is 12.8 Å². The van der Waals surface area contributed by atoms with Gasteiger partial charge in [0, 0.05) is 6.07 Å². The Hall–Kier alpha value is -2.39. The summed E-state index contributed by atoms with van der Waals surface area (Å²) in [6.45, 7) is -2.45. The second kappa shape index (κ2) is 7.63. The number of benzene rings is 1. The van der Waals surface area contributed by atoms with Gasteiger partial charge in [0.1, 0.15) is 24.1 Å². The molecule has 1 saturated carbocycles. The van der Waals surface area contributed by atoms with Gasteiger partial charge in [0.25, 0.3) is 6.43 Å². The lowest BCUT2D eigenvalue weighted by atomic mass is 10.2. The van der Waals surface area contributed by atoms with Crippen LogP contribution in [-0.4, -0.2) is 47.1 Å². The Kier molecular flexibility index (Phi) is 5.37. The quantitative estimate of drug-likeness (QED) is 0.479. The first kappa shape index (κ1) is 21.8. The average Bonchev–Trinajstić information content (AvgIpc) is 3.15. The van der Waals surface area contributed by atoms with E-state index < -0.39 is 73.9 Å². The third-order valence-electron chi connectivity index (χ3n) is 4.86. The van der Waals surface area contributed by atoms with Gasteiger partial charge in [0.15, 0.2) is 10.0 Å². The van der Waals surface area contributed by atoms with E-state index in [4.69, 9.17) is 0 Å². The van der Waals surface area contributed by atoms with Crippen molar-refractivity contribution in [2.24, 2.45) is 0 Å². The van der Waals surface area contributed by atoms with Crippen molar-refractivity contribution in [3.05, 3.63) is 27.4 Å². The van der Waals surface area contributed by atoms with E-state index in [1.165, 1.54) is 0 Å². The lowest BCUT2D eigenvalue weighted by molar-refractivity contribution is 0.150. The van der Waals surface area contributed by atoms with E-state index in [0.29, 0.717) is 17.4 Å². The Morgan fingerprint density at radius 1 is 1.29 bits per heavy atom. The van der Waals surface area contributed by atoms with Crippen molar-refractivity contribution in [3.63, 3.8) is 0 Å². The molecule has 0 spiro atoms. The van der Waals surface area contributed by atoms with E-state index in [9.17, 15) is 30.8 Å². The molecule has 0 unspecified atom stereocenters. The highest BCUT2D eigenvalue weighted by molar-refractivity contribution is 7.89. The van der Waals surface area contributed by atoms with Crippen molar-refractivity contribution >= 4 is 32.4 Å². The van der Waals surface area contributed by atoms with Crippen LogP contribution in [0.15, 0.2) is 15.8 Å². The number of halogens is 5. The molecule has 2 aromatic heterocycles. The van der Waals surface area contributed by atoms with Gasteiger partial charge in [0.05, 0.1) is 28.7 Å². The first-order chi connectivity index (χ1) is 14.6. The van der Waals surface area contributed by atoms with E-state index in [0.717, 1.165) is 4.57 Å². The minimum Gasteiger partial charge on any atom is -0.305 e. The third kappa shape index (κ3) is 3.74. The van der Waals surface area contributed by atoms with Crippen LogP contribution in [0.3, 0.4) is 0 Å². The van der Waals surface area contributed by atoms with Crippen LogP contribution >= 0.6 is 11.3 Å². The zero-order valence-corrected chi connectivity index (χ0v) is 17.1. The molecule has 1 fully saturated rings. The molecule has 8 nitrogen and oxygen atoms in total. The summed E-state index contributed by atoms with van der Waals surface area (Å²) in [5, 5.41) is 5.67. The number of sulfonamides is 1. The number of alkyl halides is 4. The summed E-state index contributed by atoms with van der Waals surface area (Å²) in [5.41, 5.74) is -3.19. The van der Waals surface area contributed by atoms with Crippen LogP contribution in [-0.2, 0) is 16.6 Å². The number of hydrogen-bond acceptors (Lipinski definition) is 6. The van der Waals surface area contributed by atoms with E-state index in [2.05, 4.69) is 19.9 Å². The lowest BCUT2D eigenvalue weighted by Gasteiger charge is -2.16. The molecule has 0 radical (unpaired) electrons. The maximum atomic E-state index is 15.1. The minimum atomic E-state index is -4.71. The van der Waals surface area contributed by atoms with Crippen molar-refractivity contribution in [3.8, 4) is 10.6 Å². The van der Waals surface area contributed by atoms with E-state index in [1.54, 1.807) is 0 Å². The third-order valence-corrected chi connectivity index (χ3v) is 7.45. The van der Waals surface area contributed by atoms with Gasteiger partial charge in [-0.1, -0.05) is 11.3 Å². The highest BCUT2D eigenvalue weighted by Crippen LogP contribution is 2.42. The molecule has 2 heterocycles. The Labute approximate surface area is 175 Å². The maximum absolute atomic E-state index is 15.1. The number of nitrogens with one attached hydrogen (secondary N) is 2. The molecule has 1 aliphatic carbocycles. The number of aromatic amines is 1. The number of imidazole rings is 1. The first-order valence-electron chi connectivity index (χ1n) is 8.85. The molecule has 168 valence electrons. The Morgan fingerprint density at radius 3 is 2.55 bits per heavy atom. The maximum Gasteiger partial charge on any atom is 0.326 e. The van der Waals surface area contributed by atoms with Crippen molar-refractivity contribution < 1.29 is 30.4 Å². The molecular weight excluding hydrogens is 469 g/mol. The number of nitrogens with zero attached hydrogens (tertiary/aromatic N) is 3. The zero-order valence-electron chi connectivity index (χ0n) is 15.5. The topological polar surface area (TPSA) is 110 Å². The number of hydrogen-bond donors (Lipinski definition) is 2. The molecule has 31 heavy (non-hydrogen) atoms. The number of aromatic nitrogens is 4. The largest absolute Gasteiger partial charge is 0.326 e. The minimum absolute atomic E-state index is 0.186. The summed E-state index contributed by atoms with van der Waals surface area (Å²) in [6, 6.07) is 0.713. The molecule has 1 aromatic carbocycles. The van der Waals surface area contributed by atoms with Gasteiger partial charge in [-0.25, -0.2) is 39.9 Å². The lowest BCUT2D eigenvalue weighted by Crippen LogP contribution is -2.39. The molecule has 0 aliphatic heterocycles. The average molecular weight is 483 g/mol. The van der Waals surface area contributed by atoms with Gasteiger partial charge in [-0.2, -0.15) is 0 Å². The Morgan fingerprint density at radius 2 is 2.00 bits per heavy atom. The summed E-state index contributed by atoms with van der Waals surface area (Å²) in [6.07, 6.45) is -2.63. The predicted octanol–water partition coefficient (Wildman–Crippen LogP) is 2.67. The van der Waals surface area contributed by atoms with Crippen LogP contribution in [0.25, 0.3) is 21.6 Å². The molecule has 15 heteroatoms. The fourth-order valence-corrected chi connectivity index (χ4v) is 5.72. The van der Waals surface area contributed by atoms with Crippen LogP contribution in [0.1, 0.15) is 24.3 Å². The standard InChI is InChI=1S/C16H14F5N5O3S2/c17-3-4-26-8-5-7(19)11(31(28,29)25-16(6-18)1-2-16)9(10(8)22-15(26)27)13-23-24-14(30-13)12(20)21/h5,12,25H,1-4,6H2,(H,22,27). The predicted molar refractivity (Wildman–Crippen MR) is 101 cm³/mol. The first-order valence-corrected chi connectivity index (χ1v) is 11.2. The van der Waals surface area contributed by atoms with E-state index >= 15 is 4.39 Å². The second-order valence-corrected chi connectivity index (χ2v) is 9.62. The monoisotopic (exact) mass is 483 g/mol. The number of H-pyrrole nitrogens is 1. The molecule has 0 bridgehead atoms. The molecular formula is C16H14F5N5O3S2. The smallest absolute Gasteiger partial charge is 0.305 e. The Balaban J connectivity index is 2.03. The number of rotatable bonds is 8. The summed E-state index contributed by atoms with van der Waals surface area (Å²) < 4.78 is 96.3. The van der Waals surface area contributed by atoms with Crippen LogP contribution in [0, 0.1) is 5.82 Å². The summed E-state index contributed by atoms with van der Waals surface area (Å²) in [7, 11) is -4.71. The fraction of sp³-hybridized carbons (Fsp3) is 0.438. The second-order valence-electron chi connectivity index (χ2n) is 6.99.